The second kappa shape index (κ2) is 2.35. The van der Waals surface area contributed by atoms with Crippen molar-refractivity contribution >= 4 is 23.7 Å². The predicted octanol–water partition coefficient (Wildman–Crippen LogP) is 1.80. The SMILES string of the molecule is CC12CCC(C(Cl)C1=O)C2(C)C=O. The Labute approximate surface area is 82.6 Å². The molecular formula is C10H13ClO2. The first kappa shape index (κ1) is 9.20. The van der Waals surface area contributed by atoms with E-state index in [0.717, 1.165) is 19.1 Å². The van der Waals surface area contributed by atoms with Crippen LogP contribution in [-0.4, -0.2) is 17.4 Å². The average Bonchev–Trinajstić information content (AvgIpc) is 2.44. The van der Waals surface area contributed by atoms with Gasteiger partial charge in [0.15, 0.2) is 5.78 Å². The molecule has 0 amide bonds. The van der Waals surface area contributed by atoms with Crippen molar-refractivity contribution in [2.45, 2.75) is 32.1 Å². The molecule has 2 rings (SSSR count). The number of halogens is 1. The van der Waals surface area contributed by atoms with E-state index < -0.39 is 16.2 Å². The Morgan fingerprint density at radius 1 is 1.54 bits per heavy atom. The summed E-state index contributed by atoms with van der Waals surface area (Å²) >= 11 is 6.00. The fourth-order valence-corrected chi connectivity index (χ4v) is 3.59. The number of carbonyl (C=O) groups excluding carboxylic acids is 2. The van der Waals surface area contributed by atoms with Crippen molar-refractivity contribution in [3.05, 3.63) is 0 Å². The summed E-state index contributed by atoms with van der Waals surface area (Å²) < 4.78 is 0. The average molecular weight is 201 g/mol. The van der Waals surface area contributed by atoms with Crippen LogP contribution >= 0.6 is 11.6 Å². The van der Waals surface area contributed by atoms with Crippen LogP contribution in [0.5, 0.6) is 0 Å². The van der Waals surface area contributed by atoms with E-state index in [0.29, 0.717) is 0 Å². The van der Waals surface area contributed by atoms with E-state index in [4.69, 9.17) is 11.6 Å². The first-order chi connectivity index (χ1) is 5.97. The summed E-state index contributed by atoms with van der Waals surface area (Å²) in [5, 5.41) is -0.436. The molecule has 2 nitrogen and oxygen atoms in total. The van der Waals surface area contributed by atoms with Crippen LogP contribution in [0.2, 0.25) is 0 Å². The van der Waals surface area contributed by atoms with Gasteiger partial charge < -0.3 is 4.79 Å². The molecule has 0 heterocycles. The van der Waals surface area contributed by atoms with Gasteiger partial charge >= 0.3 is 0 Å². The quantitative estimate of drug-likeness (QED) is 0.478. The molecule has 4 atom stereocenters. The summed E-state index contributed by atoms with van der Waals surface area (Å²) in [5.41, 5.74) is -1.01. The molecule has 2 bridgehead atoms. The molecule has 0 aromatic heterocycles. The summed E-state index contributed by atoms with van der Waals surface area (Å²) in [4.78, 5) is 22.8. The minimum Gasteiger partial charge on any atom is -0.303 e. The fraction of sp³-hybridized carbons (Fsp3) is 0.800. The van der Waals surface area contributed by atoms with Crippen LogP contribution in [0.25, 0.3) is 0 Å². The molecule has 0 aromatic carbocycles. The zero-order valence-electron chi connectivity index (χ0n) is 7.84. The van der Waals surface area contributed by atoms with Crippen molar-refractivity contribution in [1.82, 2.24) is 0 Å². The lowest BCUT2D eigenvalue weighted by molar-refractivity contribution is -0.132. The standard InChI is InChI=1S/C10H13ClO2/c1-9-4-3-6(7(11)8(9)13)10(9,2)5-12/h5-7H,3-4H2,1-2H3. The Bertz CT molecular complexity index is 287. The lowest BCUT2D eigenvalue weighted by Crippen LogP contribution is -2.36. The van der Waals surface area contributed by atoms with Crippen LogP contribution in [-0.2, 0) is 9.59 Å². The molecular weight excluding hydrogens is 188 g/mol. The molecule has 0 radical (unpaired) electrons. The van der Waals surface area contributed by atoms with Crippen LogP contribution in [0.15, 0.2) is 0 Å². The summed E-state index contributed by atoms with van der Waals surface area (Å²) in [7, 11) is 0. The third kappa shape index (κ3) is 0.762. The topological polar surface area (TPSA) is 34.1 Å². The van der Waals surface area contributed by atoms with Crippen molar-refractivity contribution in [1.29, 1.82) is 0 Å². The number of Topliss-reactive ketones (excluding diaryl/α,β-unsaturated/α-hetero) is 1. The van der Waals surface area contributed by atoms with Gasteiger partial charge in [-0.25, -0.2) is 0 Å². The maximum absolute atomic E-state index is 11.8. The highest BCUT2D eigenvalue weighted by Crippen LogP contribution is 2.63. The smallest absolute Gasteiger partial charge is 0.157 e. The number of carbonyl (C=O) groups is 2. The molecule has 0 aromatic rings. The molecule has 72 valence electrons. The maximum atomic E-state index is 11.8. The van der Waals surface area contributed by atoms with Crippen LogP contribution in [0.1, 0.15) is 26.7 Å². The minimum absolute atomic E-state index is 0.0594. The van der Waals surface area contributed by atoms with E-state index in [9.17, 15) is 9.59 Å². The number of hydrogen-bond donors (Lipinski definition) is 0. The van der Waals surface area contributed by atoms with E-state index in [1.54, 1.807) is 0 Å². The minimum atomic E-state index is -0.517. The van der Waals surface area contributed by atoms with Crippen LogP contribution < -0.4 is 0 Å². The monoisotopic (exact) mass is 200 g/mol. The number of aldehydes is 1. The van der Waals surface area contributed by atoms with Crippen LogP contribution in [0.4, 0.5) is 0 Å². The highest BCUT2D eigenvalue weighted by molar-refractivity contribution is 6.34. The van der Waals surface area contributed by atoms with E-state index in [-0.39, 0.29) is 11.7 Å². The molecule has 2 fully saturated rings. The first-order valence-electron chi connectivity index (χ1n) is 4.62. The number of alkyl halides is 1. The molecule has 2 aliphatic carbocycles. The number of ketones is 1. The second-order valence-electron chi connectivity index (χ2n) is 4.64. The maximum Gasteiger partial charge on any atom is 0.157 e. The van der Waals surface area contributed by atoms with Gasteiger partial charge in [-0.05, 0) is 18.8 Å². The van der Waals surface area contributed by atoms with Crippen molar-refractivity contribution < 1.29 is 9.59 Å². The summed E-state index contributed by atoms with van der Waals surface area (Å²) in [6, 6.07) is 0. The molecule has 0 N–H and O–H groups in total. The Balaban J connectivity index is 2.55. The summed E-state index contributed by atoms with van der Waals surface area (Å²) in [5.74, 6) is 0.129. The van der Waals surface area contributed by atoms with Gasteiger partial charge in [0.1, 0.15) is 6.29 Å². The van der Waals surface area contributed by atoms with Gasteiger partial charge in [-0.1, -0.05) is 13.8 Å². The Hall–Kier alpha value is -0.370. The number of fused-ring (bicyclic) bond motifs is 2. The van der Waals surface area contributed by atoms with Gasteiger partial charge in [0, 0.05) is 10.8 Å². The van der Waals surface area contributed by atoms with Crippen LogP contribution in [0.3, 0.4) is 0 Å². The zero-order chi connectivity index (χ0) is 9.85. The normalized spacial score (nSPS) is 54.2. The first-order valence-corrected chi connectivity index (χ1v) is 5.06. The number of hydrogen-bond acceptors (Lipinski definition) is 2. The zero-order valence-corrected chi connectivity index (χ0v) is 8.60. The molecule has 0 spiro atoms. The number of rotatable bonds is 1. The lowest BCUT2D eigenvalue weighted by atomic mass is 9.70. The largest absolute Gasteiger partial charge is 0.303 e. The third-order valence-corrected chi connectivity index (χ3v) is 4.81. The van der Waals surface area contributed by atoms with E-state index >= 15 is 0 Å². The van der Waals surface area contributed by atoms with Gasteiger partial charge in [0.2, 0.25) is 0 Å². The van der Waals surface area contributed by atoms with Crippen LogP contribution in [0, 0.1) is 16.7 Å². The molecule has 2 aliphatic rings. The van der Waals surface area contributed by atoms with E-state index in [1.807, 2.05) is 13.8 Å². The molecule has 13 heavy (non-hydrogen) atoms. The lowest BCUT2D eigenvalue weighted by Gasteiger charge is -2.30. The summed E-state index contributed by atoms with van der Waals surface area (Å²) in [6.45, 7) is 3.75. The van der Waals surface area contributed by atoms with Crippen molar-refractivity contribution in [3.8, 4) is 0 Å². The Morgan fingerprint density at radius 3 is 2.46 bits per heavy atom. The second-order valence-corrected chi connectivity index (χ2v) is 5.11. The Kier molecular flexibility index (Phi) is 1.66. The van der Waals surface area contributed by atoms with Gasteiger partial charge in [-0.3, -0.25) is 4.79 Å². The van der Waals surface area contributed by atoms with Gasteiger partial charge in [-0.15, -0.1) is 11.6 Å². The van der Waals surface area contributed by atoms with Gasteiger partial charge in [0.25, 0.3) is 0 Å². The van der Waals surface area contributed by atoms with E-state index in [1.165, 1.54) is 0 Å². The van der Waals surface area contributed by atoms with Gasteiger partial charge in [0.05, 0.1) is 5.38 Å². The highest BCUT2D eigenvalue weighted by atomic mass is 35.5. The molecule has 4 unspecified atom stereocenters. The fourth-order valence-electron chi connectivity index (χ4n) is 2.97. The molecule has 2 saturated carbocycles. The van der Waals surface area contributed by atoms with Gasteiger partial charge in [-0.2, -0.15) is 0 Å². The predicted molar refractivity (Wildman–Crippen MR) is 49.7 cm³/mol. The molecule has 3 heteroatoms. The van der Waals surface area contributed by atoms with E-state index in [2.05, 4.69) is 0 Å². The van der Waals surface area contributed by atoms with Crippen molar-refractivity contribution in [2.24, 2.45) is 16.7 Å². The summed E-state index contributed by atoms with van der Waals surface area (Å²) in [6.07, 6.45) is 2.66. The third-order valence-electron chi connectivity index (χ3n) is 4.31. The highest BCUT2D eigenvalue weighted by Gasteiger charge is 2.68. The molecule has 0 saturated heterocycles. The van der Waals surface area contributed by atoms with Crippen molar-refractivity contribution in [2.75, 3.05) is 0 Å². The Morgan fingerprint density at radius 2 is 2.15 bits per heavy atom. The molecule has 0 aliphatic heterocycles. The van der Waals surface area contributed by atoms with Crippen molar-refractivity contribution in [3.63, 3.8) is 0 Å².